The van der Waals surface area contributed by atoms with Crippen LogP contribution >= 0.6 is 0 Å². The number of benzene rings is 1. The Morgan fingerprint density at radius 2 is 2.13 bits per heavy atom. The molecule has 2 rings (SSSR count). The van der Waals surface area contributed by atoms with Crippen molar-refractivity contribution in [1.29, 1.82) is 0 Å². The summed E-state index contributed by atoms with van der Waals surface area (Å²) in [6.45, 7) is 6.07. The summed E-state index contributed by atoms with van der Waals surface area (Å²) in [7, 11) is 0. The fourth-order valence-corrected chi connectivity index (χ4v) is 2.20. The van der Waals surface area contributed by atoms with E-state index in [1.165, 1.54) is 17.0 Å². The summed E-state index contributed by atoms with van der Waals surface area (Å²) in [6.07, 6.45) is -0.276. The van der Waals surface area contributed by atoms with E-state index in [0.29, 0.717) is 13.0 Å². The molecule has 1 aliphatic rings. The molecule has 126 valence electrons. The highest BCUT2D eigenvalue weighted by molar-refractivity contribution is 5.68. The fraction of sp³-hybridized carbons (Fsp3) is 0.533. The SMILES string of the molecule is CC(C)(C)OC(=O)N1CC[C@@H](Oc2ccc([N+](=O)[O-])cc2F)C1. The van der Waals surface area contributed by atoms with Gasteiger partial charge >= 0.3 is 6.09 Å². The Bertz CT molecular complexity index is 614. The Labute approximate surface area is 133 Å². The highest BCUT2D eigenvalue weighted by Gasteiger charge is 2.31. The van der Waals surface area contributed by atoms with Crippen molar-refractivity contribution in [2.45, 2.75) is 38.9 Å². The van der Waals surface area contributed by atoms with Gasteiger partial charge in [-0.15, -0.1) is 0 Å². The summed E-state index contributed by atoms with van der Waals surface area (Å²) in [5.41, 5.74) is -0.919. The average Bonchev–Trinajstić information content (AvgIpc) is 2.87. The largest absolute Gasteiger partial charge is 0.485 e. The summed E-state index contributed by atoms with van der Waals surface area (Å²) < 4.78 is 24.6. The molecule has 1 aromatic carbocycles. The molecule has 1 aromatic rings. The van der Waals surface area contributed by atoms with E-state index in [2.05, 4.69) is 0 Å². The van der Waals surface area contributed by atoms with Gasteiger partial charge in [0.25, 0.3) is 5.69 Å². The van der Waals surface area contributed by atoms with Crippen molar-refractivity contribution in [2.75, 3.05) is 13.1 Å². The lowest BCUT2D eigenvalue weighted by atomic mass is 10.2. The molecule has 1 heterocycles. The first-order chi connectivity index (χ1) is 10.7. The second kappa shape index (κ2) is 6.39. The van der Waals surface area contributed by atoms with Crippen LogP contribution in [0.4, 0.5) is 14.9 Å². The molecule has 1 aliphatic heterocycles. The van der Waals surface area contributed by atoms with Gasteiger partial charge in [0.15, 0.2) is 11.6 Å². The zero-order valence-corrected chi connectivity index (χ0v) is 13.2. The molecule has 0 N–H and O–H groups in total. The minimum absolute atomic E-state index is 0.0633. The first kappa shape index (κ1) is 17.0. The molecule has 8 heteroatoms. The standard InChI is InChI=1S/C15H19FN2O5/c1-15(2,3)23-14(19)17-7-6-11(9-17)22-13-5-4-10(18(20)21)8-12(13)16/h4-5,8,11H,6-7,9H2,1-3H3/t11-/m1/s1. The minimum atomic E-state index is -0.796. The number of non-ortho nitro benzene ring substituents is 1. The lowest BCUT2D eigenvalue weighted by molar-refractivity contribution is -0.385. The van der Waals surface area contributed by atoms with Gasteiger partial charge in [-0.2, -0.15) is 0 Å². The number of hydrogen-bond donors (Lipinski definition) is 0. The second-order valence-electron chi connectivity index (χ2n) is 6.33. The molecule has 0 saturated carbocycles. The van der Waals surface area contributed by atoms with Crippen LogP contribution in [0.3, 0.4) is 0 Å². The van der Waals surface area contributed by atoms with E-state index in [4.69, 9.17) is 9.47 Å². The first-order valence-electron chi connectivity index (χ1n) is 7.24. The smallest absolute Gasteiger partial charge is 0.410 e. The van der Waals surface area contributed by atoms with Gasteiger partial charge in [0.05, 0.1) is 17.5 Å². The Morgan fingerprint density at radius 3 is 2.70 bits per heavy atom. The highest BCUT2D eigenvalue weighted by Crippen LogP contribution is 2.26. The summed E-state index contributed by atoms with van der Waals surface area (Å²) in [5.74, 6) is -0.860. The zero-order valence-electron chi connectivity index (χ0n) is 13.2. The van der Waals surface area contributed by atoms with Gasteiger partial charge in [0, 0.05) is 19.0 Å². The van der Waals surface area contributed by atoms with Crippen LogP contribution in [0.25, 0.3) is 0 Å². The number of halogens is 1. The van der Waals surface area contributed by atoms with E-state index < -0.39 is 22.4 Å². The second-order valence-corrected chi connectivity index (χ2v) is 6.33. The van der Waals surface area contributed by atoms with E-state index in [9.17, 15) is 19.3 Å². The van der Waals surface area contributed by atoms with E-state index in [1.54, 1.807) is 20.8 Å². The monoisotopic (exact) mass is 326 g/mol. The number of nitro groups is 1. The molecule has 0 bridgehead atoms. The molecule has 1 saturated heterocycles. The molecule has 0 spiro atoms. The number of nitrogens with zero attached hydrogens (tertiary/aromatic N) is 2. The van der Waals surface area contributed by atoms with Crippen LogP contribution in [0.1, 0.15) is 27.2 Å². The van der Waals surface area contributed by atoms with Crippen molar-refractivity contribution >= 4 is 11.8 Å². The van der Waals surface area contributed by atoms with Crippen molar-refractivity contribution in [3.05, 3.63) is 34.1 Å². The summed E-state index contributed by atoms with van der Waals surface area (Å²) in [6, 6.07) is 3.22. The lowest BCUT2D eigenvalue weighted by Crippen LogP contribution is -2.36. The van der Waals surface area contributed by atoms with E-state index in [0.717, 1.165) is 6.07 Å². The van der Waals surface area contributed by atoms with Crippen molar-refractivity contribution in [3.8, 4) is 5.75 Å². The number of rotatable bonds is 3. The summed E-state index contributed by atoms with van der Waals surface area (Å²) >= 11 is 0. The topological polar surface area (TPSA) is 81.9 Å². The maximum Gasteiger partial charge on any atom is 0.410 e. The number of carbonyl (C=O) groups is 1. The third-order valence-electron chi connectivity index (χ3n) is 3.22. The van der Waals surface area contributed by atoms with E-state index in [-0.39, 0.29) is 24.1 Å². The van der Waals surface area contributed by atoms with E-state index >= 15 is 0 Å². The Kier molecular flexibility index (Phi) is 4.72. The highest BCUT2D eigenvalue weighted by atomic mass is 19.1. The van der Waals surface area contributed by atoms with Crippen LogP contribution in [0.5, 0.6) is 5.75 Å². The zero-order chi connectivity index (χ0) is 17.2. The van der Waals surface area contributed by atoms with Gasteiger partial charge in [-0.25, -0.2) is 9.18 Å². The molecule has 0 radical (unpaired) electrons. The molecular weight excluding hydrogens is 307 g/mol. The number of hydrogen-bond acceptors (Lipinski definition) is 5. The van der Waals surface area contributed by atoms with Gasteiger partial charge in [-0.05, 0) is 26.8 Å². The van der Waals surface area contributed by atoms with Crippen LogP contribution in [-0.2, 0) is 4.74 Å². The quantitative estimate of drug-likeness (QED) is 0.629. The van der Waals surface area contributed by atoms with Crippen LogP contribution in [0.2, 0.25) is 0 Å². The van der Waals surface area contributed by atoms with Crippen LogP contribution in [0.15, 0.2) is 18.2 Å². The molecular formula is C15H19FN2O5. The summed E-state index contributed by atoms with van der Waals surface area (Å²) in [4.78, 5) is 23.4. The average molecular weight is 326 g/mol. The third kappa shape index (κ3) is 4.54. The van der Waals surface area contributed by atoms with Crippen LogP contribution in [0, 0.1) is 15.9 Å². The molecule has 1 amide bonds. The van der Waals surface area contributed by atoms with Crippen molar-refractivity contribution in [2.24, 2.45) is 0 Å². The predicted molar refractivity (Wildman–Crippen MR) is 79.9 cm³/mol. The summed E-state index contributed by atoms with van der Waals surface area (Å²) in [5, 5.41) is 10.6. The van der Waals surface area contributed by atoms with Crippen molar-refractivity contribution in [1.82, 2.24) is 4.90 Å². The number of likely N-dealkylation sites (tertiary alicyclic amines) is 1. The molecule has 0 unspecified atom stereocenters. The van der Waals surface area contributed by atoms with Gasteiger partial charge in [-0.1, -0.05) is 0 Å². The number of ether oxygens (including phenoxy) is 2. The predicted octanol–water partition coefficient (Wildman–Crippen LogP) is 3.12. The number of amides is 1. The maximum atomic E-state index is 13.8. The van der Waals surface area contributed by atoms with Crippen LogP contribution < -0.4 is 4.74 Å². The fourth-order valence-electron chi connectivity index (χ4n) is 2.20. The molecule has 1 atom stereocenters. The van der Waals surface area contributed by atoms with E-state index in [1.807, 2.05) is 0 Å². The Balaban J connectivity index is 1.96. The molecule has 0 aromatic heterocycles. The third-order valence-corrected chi connectivity index (χ3v) is 3.22. The van der Waals surface area contributed by atoms with Gasteiger partial charge in [-0.3, -0.25) is 10.1 Å². The molecule has 7 nitrogen and oxygen atoms in total. The van der Waals surface area contributed by atoms with Crippen LogP contribution in [-0.4, -0.2) is 40.7 Å². The van der Waals surface area contributed by atoms with Gasteiger partial charge in [0.1, 0.15) is 11.7 Å². The Hall–Kier alpha value is -2.38. The number of carbonyl (C=O) groups excluding carboxylic acids is 1. The molecule has 23 heavy (non-hydrogen) atoms. The minimum Gasteiger partial charge on any atom is -0.485 e. The lowest BCUT2D eigenvalue weighted by Gasteiger charge is -2.24. The molecule has 1 fully saturated rings. The first-order valence-corrected chi connectivity index (χ1v) is 7.24. The van der Waals surface area contributed by atoms with Gasteiger partial charge in [0.2, 0.25) is 0 Å². The van der Waals surface area contributed by atoms with Crippen molar-refractivity contribution in [3.63, 3.8) is 0 Å². The van der Waals surface area contributed by atoms with Crippen molar-refractivity contribution < 1.29 is 23.6 Å². The molecule has 0 aliphatic carbocycles. The Morgan fingerprint density at radius 1 is 1.43 bits per heavy atom. The van der Waals surface area contributed by atoms with Gasteiger partial charge < -0.3 is 14.4 Å². The maximum absolute atomic E-state index is 13.8. The number of nitro benzene ring substituents is 1. The normalized spacial score (nSPS) is 17.9.